The van der Waals surface area contributed by atoms with Crippen molar-refractivity contribution in [3.8, 4) is 0 Å². The van der Waals surface area contributed by atoms with Crippen LogP contribution in [0.25, 0.3) is 0 Å². The molecule has 0 aliphatic heterocycles. The maximum atomic E-state index is 11.4. The lowest BCUT2D eigenvalue weighted by Gasteiger charge is -2.22. The van der Waals surface area contributed by atoms with Gasteiger partial charge in [0.05, 0.1) is 6.61 Å². The second kappa shape index (κ2) is 7.62. The summed E-state index contributed by atoms with van der Waals surface area (Å²) < 4.78 is 4.96. The first-order valence-electron chi connectivity index (χ1n) is 5.18. The van der Waals surface area contributed by atoms with E-state index in [4.69, 9.17) is 4.74 Å². The van der Waals surface area contributed by atoms with E-state index in [0.29, 0.717) is 6.61 Å². The van der Waals surface area contributed by atoms with E-state index < -0.39 is 0 Å². The second-order valence-corrected chi connectivity index (χ2v) is 3.49. The highest BCUT2D eigenvalue weighted by Gasteiger charge is 2.12. The second-order valence-electron chi connectivity index (χ2n) is 3.49. The monoisotopic (exact) mass is 202 g/mol. The number of hydrogen-bond acceptors (Lipinski definition) is 3. The van der Waals surface area contributed by atoms with Crippen LogP contribution in [0.15, 0.2) is 0 Å². The van der Waals surface area contributed by atoms with Crippen LogP contribution in [0, 0.1) is 0 Å². The third-order valence-corrected chi connectivity index (χ3v) is 1.84. The van der Waals surface area contributed by atoms with E-state index in [0.717, 1.165) is 26.1 Å². The number of likely N-dealkylation sites (N-methyl/N-ethyl adjacent to an activating group) is 1. The summed E-state index contributed by atoms with van der Waals surface area (Å²) in [4.78, 5) is 15.2. The Morgan fingerprint density at radius 3 is 2.21 bits per heavy atom. The van der Waals surface area contributed by atoms with Gasteiger partial charge in [0.2, 0.25) is 0 Å². The van der Waals surface area contributed by atoms with Crippen molar-refractivity contribution in [1.82, 2.24) is 9.80 Å². The third kappa shape index (κ3) is 5.80. The van der Waals surface area contributed by atoms with Gasteiger partial charge in [-0.25, -0.2) is 4.79 Å². The topological polar surface area (TPSA) is 32.8 Å². The lowest BCUT2D eigenvalue weighted by molar-refractivity contribution is 0.104. The number of rotatable bonds is 6. The van der Waals surface area contributed by atoms with E-state index in [-0.39, 0.29) is 6.09 Å². The Labute approximate surface area is 86.8 Å². The van der Waals surface area contributed by atoms with Crippen LogP contribution in [0.5, 0.6) is 0 Å². The highest BCUT2D eigenvalue weighted by molar-refractivity contribution is 5.67. The molecular formula is C10H22N2O2. The summed E-state index contributed by atoms with van der Waals surface area (Å²) >= 11 is 0. The van der Waals surface area contributed by atoms with E-state index in [9.17, 15) is 4.79 Å². The molecule has 0 unspecified atom stereocenters. The molecule has 0 radical (unpaired) electrons. The largest absolute Gasteiger partial charge is 0.450 e. The summed E-state index contributed by atoms with van der Waals surface area (Å²) in [5, 5.41) is 0. The summed E-state index contributed by atoms with van der Waals surface area (Å²) in [6, 6.07) is 0. The molecule has 0 aliphatic rings. The average Bonchev–Trinajstić information content (AvgIpc) is 2.12. The van der Waals surface area contributed by atoms with Crippen LogP contribution in [-0.2, 0) is 4.74 Å². The van der Waals surface area contributed by atoms with Crippen molar-refractivity contribution in [2.75, 3.05) is 40.3 Å². The number of amides is 1. The van der Waals surface area contributed by atoms with Gasteiger partial charge in [-0.3, -0.25) is 0 Å². The van der Waals surface area contributed by atoms with E-state index in [1.807, 2.05) is 21.0 Å². The quantitative estimate of drug-likeness (QED) is 0.653. The van der Waals surface area contributed by atoms with Crippen molar-refractivity contribution in [2.24, 2.45) is 0 Å². The first-order chi connectivity index (χ1) is 6.61. The van der Waals surface area contributed by atoms with Crippen LogP contribution in [0.3, 0.4) is 0 Å². The molecule has 14 heavy (non-hydrogen) atoms. The van der Waals surface area contributed by atoms with Gasteiger partial charge in [0.1, 0.15) is 0 Å². The molecule has 0 aromatic rings. The predicted octanol–water partition coefficient (Wildman–Crippen LogP) is 1.42. The fraction of sp³-hybridized carbons (Fsp3) is 0.900. The maximum absolute atomic E-state index is 11.4. The molecule has 0 rings (SSSR count). The lowest BCUT2D eigenvalue weighted by Crippen LogP contribution is -2.37. The first kappa shape index (κ1) is 13.2. The molecule has 1 amide bonds. The highest BCUT2D eigenvalue weighted by Crippen LogP contribution is 1.96. The molecule has 4 nitrogen and oxygen atoms in total. The van der Waals surface area contributed by atoms with Crippen LogP contribution in [-0.4, -0.2) is 56.2 Å². The number of nitrogens with zero attached hydrogens (tertiary/aromatic N) is 2. The Balaban J connectivity index is 3.93. The highest BCUT2D eigenvalue weighted by atomic mass is 16.6. The van der Waals surface area contributed by atoms with Gasteiger partial charge >= 0.3 is 6.09 Å². The molecule has 0 bridgehead atoms. The van der Waals surface area contributed by atoms with Crippen molar-refractivity contribution in [2.45, 2.75) is 20.3 Å². The smallest absolute Gasteiger partial charge is 0.409 e. The van der Waals surface area contributed by atoms with E-state index in [1.165, 1.54) is 0 Å². The zero-order valence-corrected chi connectivity index (χ0v) is 9.75. The minimum atomic E-state index is -0.198. The molecule has 0 fully saturated rings. The lowest BCUT2D eigenvalue weighted by atomic mass is 10.4. The molecular weight excluding hydrogens is 180 g/mol. The summed E-state index contributed by atoms with van der Waals surface area (Å²) in [7, 11) is 3.99. The van der Waals surface area contributed by atoms with Gasteiger partial charge in [-0.2, -0.15) is 0 Å². The van der Waals surface area contributed by atoms with Crippen LogP contribution in [0.4, 0.5) is 4.79 Å². The molecule has 4 heteroatoms. The standard InChI is InChI=1S/C10H22N2O2/c1-5-7-12(9-8-11(3)4)10(13)14-6-2/h5-9H2,1-4H3. The zero-order valence-electron chi connectivity index (χ0n) is 9.75. The van der Waals surface area contributed by atoms with E-state index in [1.54, 1.807) is 4.90 Å². The van der Waals surface area contributed by atoms with Crippen molar-refractivity contribution in [3.05, 3.63) is 0 Å². The van der Waals surface area contributed by atoms with E-state index in [2.05, 4.69) is 11.8 Å². The van der Waals surface area contributed by atoms with Gasteiger partial charge in [-0.1, -0.05) is 6.92 Å². The van der Waals surface area contributed by atoms with Crippen molar-refractivity contribution < 1.29 is 9.53 Å². The number of ether oxygens (including phenoxy) is 1. The van der Waals surface area contributed by atoms with Gasteiger partial charge in [0.25, 0.3) is 0 Å². The van der Waals surface area contributed by atoms with Crippen LogP contribution < -0.4 is 0 Å². The Morgan fingerprint density at radius 2 is 1.79 bits per heavy atom. The molecule has 0 spiro atoms. The predicted molar refractivity (Wildman–Crippen MR) is 57.4 cm³/mol. The van der Waals surface area contributed by atoms with Crippen LogP contribution in [0.2, 0.25) is 0 Å². The summed E-state index contributed by atoms with van der Waals surface area (Å²) in [6.07, 6.45) is 0.767. The van der Waals surface area contributed by atoms with Crippen molar-refractivity contribution in [1.29, 1.82) is 0 Å². The Hall–Kier alpha value is -0.770. The molecule has 0 atom stereocenters. The normalized spacial score (nSPS) is 10.4. The summed E-state index contributed by atoms with van der Waals surface area (Å²) in [5.41, 5.74) is 0. The Kier molecular flexibility index (Phi) is 7.20. The van der Waals surface area contributed by atoms with Gasteiger partial charge in [-0.05, 0) is 27.4 Å². The summed E-state index contributed by atoms with van der Waals surface area (Å²) in [5.74, 6) is 0. The number of carbonyl (C=O) groups is 1. The molecule has 0 aromatic heterocycles. The van der Waals surface area contributed by atoms with Crippen molar-refractivity contribution >= 4 is 6.09 Å². The third-order valence-electron chi connectivity index (χ3n) is 1.84. The molecule has 84 valence electrons. The minimum Gasteiger partial charge on any atom is -0.450 e. The average molecular weight is 202 g/mol. The van der Waals surface area contributed by atoms with Crippen molar-refractivity contribution in [3.63, 3.8) is 0 Å². The van der Waals surface area contributed by atoms with E-state index >= 15 is 0 Å². The minimum absolute atomic E-state index is 0.198. The fourth-order valence-corrected chi connectivity index (χ4v) is 1.10. The molecule has 0 saturated heterocycles. The van der Waals surface area contributed by atoms with Crippen LogP contribution >= 0.6 is 0 Å². The van der Waals surface area contributed by atoms with Gasteiger partial charge in [-0.15, -0.1) is 0 Å². The molecule has 0 aliphatic carbocycles. The van der Waals surface area contributed by atoms with Crippen LogP contribution in [0.1, 0.15) is 20.3 Å². The number of carbonyl (C=O) groups excluding carboxylic acids is 1. The zero-order chi connectivity index (χ0) is 11.0. The SMILES string of the molecule is CCCN(CCN(C)C)C(=O)OCC. The molecule has 0 heterocycles. The molecule has 0 saturated carbocycles. The molecule has 0 aromatic carbocycles. The first-order valence-corrected chi connectivity index (χ1v) is 5.18. The Morgan fingerprint density at radius 1 is 1.14 bits per heavy atom. The maximum Gasteiger partial charge on any atom is 0.409 e. The van der Waals surface area contributed by atoms with Gasteiger partial charge < -0.3 is 14.5 Å². The van der Waals surface area contributed by atoms with Gasteiger partial charge in [0.15, 0.2) is 0 Å². The summed E-state index contributed by atoms with van der Waals surface area (Å²) in [6.45, 7) is 6.71. The Bertz CT molecular complexity index is 160. The fourth-order valence-electron chi connectivity index (χ4n) is 1.10. The van der Waals surface area contributed by atoms with Gasteiger partial charge in [0, 0.05) is 19.6 Å². The number of hydrogen-bond donors (Lipinski definition) is 0. The molecule has 0 N–H and O–H groups in total.